The Balaban J connectivity index is 1.60. The minimum absolute atomic E-state index is 0.257. The van der Waals surface area contributed by atoms with Gasteiger partial charge in [-0.2, -0.15) is 0 Å². The van der Waals surface area contributed by atoms with Crippen molar-refractivity contribution in [3.63, 3.8) is 0 Å². The van der Waals surface area contributed by atoms with Crippen molar-refractivity contribution in [2.24, 2.45) is 0 Å². The molecule has 142 valence electrons. The van der Waals surface area contributed by atoms with Gasteiger partial charge in [-0.1, -0.05) is 12.1 Å². The third-order valence-electron chi connectivity index (χ3n) is 4.23. The van der Waals surface area contributed by atoms with Crippen molar-refractivity contribution in [1.29, 1.82) is 0 Å². The molecule has 2 heterocycles. The maximum Gasteiger partial charge on any atom is 0.264 e. The van der Waals surface area contributed by atoms with Gasteiger partial charge in [-0.15, -0.1) is 0 Å². The monoisotopic (exact) mass is 399 g/mol. The summed E-state index contributed by atoms with van der Waals surface area (Å²) in [6, 6.07) is 12.8. The molecule has 0 saturated carbocycles. The first-order valence-corrected chi connectivity index (χ1v) is 9.84. The highest BCUT2D eigenvalue weighted by atomic mass is 32.2. The van der Waals surface area contributed by atoms with Crippen LogP contribution >= 0.6 is 0 Å². The Morgan fingerprint density at radius 1 is 1.00 bits per heavy atom. The number of fused-ring (bicyclic) bond motifs is 1. The Hall–Kier alpha value is -3.26. The molecular formula is C20H15F2N3O2S. The van der Waals surface area contributed by atoms with Crippen LogP contribution in [0.1, 0.15) is 5.56 Å². The van der Waals surface area contributed by atoms with Crippen LogP contribution in [0.15, 0.2) is 71.9 Å². The summed E-state index contributed by atoms with van der Waals surface area (Å²) < 4.78 is 55.7. The molecule has 0 amide bonds. The van der Waals surface area contributed by atoms with Gasteiger partial charge in [0.05, 0.1) is 5.69 Å². The standard InChI is InChI=1S/C20H15F2N3O2S/c1-13-8-9-25-12-18(23-20(25)10-13)14-2-5-16(6-3-14)24-28(26,27)19-7-4-15(21)11-17(19)22/h2-12,24H,1H3. The highest BCUT2D eigenvalue weighted by Gasteiger charge is 2.19. The van der Waals surface area contributed by atoms with Crippen LogP contribution in [0.3, 0.4) is 0 Å². The van der Waals surface area contributed by atoms with Crippen LogP contribution in [0.4, 0.5) is 14.5 Å². The second-order valence-electron chi connectivity index (χ2n) is 6.35. The molecule has 1 N–H and O–H groups in total. The summed E-state index contributed by atoms with van der Waals surface area (Å²) in [5, 5.41) is 0. The Morgan fingerprint density at radius 2 is 1.75 bits per heavy atom. The highest BCUT2D eigenvalue weighted by molar-refractivity contribution is 7.92. The van der Waals surface area contributed by atoms with Gasteiger partial charge in [-0.3, -0.25) is 4.72 Å². The number of pyridine rings is 1. The molecule has 0 aliphatic rings. The Bertz CT molecular complexity index is 1280. The molecule has 0 spiro atoms. The van der Waals surface area contributed by atoms with Gasteiger partial charge in [0.25, 0.3) is 10.0 Å². The lowest BCUT2D eigenvalue weighted by atomic mass is 10.1. The van der Waals surface area contributed by atoms with Crippen LogP contribution in [0, 0.1) is 18.6 Å². The number of hydrogen-bond donors (Lipinski definition) is 1. The van der Waals surface area contributed by atoms with Gasteiger partial charge in [-0.25, -0.2) is 22.2 Å². The summed E-state index contributed by atoms with van der Waals surface area (Å²) in [5.41, 5.74) is 3.71. The number of imidazole rings is 1. The summed E-state index contributed by atoms with van der Waals surface area (Å²) in [5.74, 6) is -1.99. The lowest BCUT2D eigenvalue weighted by molar-refractivity contribution is 0.551. The van der Waals surface area contributed by atoms with Crippen LogP contribution in [-0.2, 0) is 10.0 Å². The van der Waals surface area contributed by atoms with E-state index in [4.69, 9.17) is 0 Å². The van der Waals surface area contributed by atoms with E-state index in [0.29, 0.717) is 6.07 Å². The second kappa shape index (κ2) is 6.72. The van der Waals surface area contributed by atoms with E-state index in [0.717, 1.165) is 34.6 Å². The average molecular weight is 399 g/mol. The zero-order valence-electron chi connectivity index (χ0n) is 14.7. The van der Waals surface area contributed by atoms with Gasteiger partial charge in [0.1, 0.15) is 22.2 Å². The molecule has 0 fully saturated rings. The van der Waals surface area contributed by atoms with E-state index < -0.39 is 26.6 Å². The Labute approximate surface area is 160 Å². The number of halogens is 2. The molecule has 28 heavy (non-hydrogen) atoms. The zero-order chi connectivity index (χ0) is 19.9. The number of hydrogen-bond acceptors (Lipinski definition) is 3. The first-order valence-electron chi connectivity index (χ1n) is 8.35. The quantitative estimate of drug-likeness (QED) is 0.554. The fourth-order valence-corrected chi connectivity index (χ4v) is 3.95. The van der Waals surface area contributed by atoms with E-state index >= 15 is 0 Å². The number of rotatable bonds is 4. The van der Waals surface area contributed by atoms with Crippen LogP contribution < -0.4 is 4.72 Å². The zero-order valence-corrected chi connectivity index (χ0v) is 15.5. The first-order chi connectivity index (χ1) is 13.3. The van der Waals surface area contributed by atoms with Crippen molar-refractivity contribution in [1.82, 2.24) is 9.38 Å². The molecule has 4 rings (SSSR count). The van der Waals surface area contributed by atoms with E-state index in [-0.39, 0.29) is 5.69 Å². The lowest BCUT2D eigenvalue weighted by Crippen LogP contribution is -2.14. The molecule has 0 atom stereocenters. The van der Waals surface area contributed by atoms with E-state index in [9.17, 15) is 17.2 Å². The molecule has 0 radical (unpaired) electrons. The third-order valence-corrected chi connectivity index (χ3v) is 5.65. The summed E-state index contributed by atoms with van der Waals surface area (Å²) in [4.78, 5) is 3.94. The molecule has 5 nitrogen and oxygen atoms in total. The molecule has 0 aliphatic heterocycles. The van der Waals surface area contributed by atoms with Gasteiger partial charge in [0.15, 0.2) is 0 Å². The molecule has 8 heteroatoms. The van der Waals surface area contributed by atoms with Crippen molar-refractivity contribution in [3.05, 3.63) is 84.2 Å². The highest BCUT2D eigenvalue weighted by Crippen LogP contribution is 2.24. The van der Waals surface area contributed by atoms with E-state index in [1.54, 1.807) is 24.3 Å². The van der Waals surface area contributed by atoms with E-state index in [1.165, 1.54) is 0 Å². The first kappa shape index (κ1) is 18.1. The summed E-state index contributed by atoms with van der Waals surface area (Å²) in [7, 11) is -4.17. The number of benzene rings is 2. The van der Waals surface area contributed by atoms with Crippen LogP contribution in [0.2, 0.25) is 0 Å². The summed E-state index contributed by atoms with van der Waals surface area (Å²) in [6.07, 6.45) is 3.79. The maximum absolute atomic E-state index is 13.8. The van der Waals surface area contributed by atoms with Crippen molar-refractivity contribution >= 4 is 21.4 Å². The predicted octanol–water partition coefficient (Wildman–Crippen LogP) is 4.39. The molecule has 0 unspecified atom stereocenters. The number of sulfonamides is 1. The third kappa shape index (κ3) is 3.46. The number of anilines is 1. The van der Waals surface area contributed by atoms with Crippen molar-refractivity contribution in [2.75, 3.05) is 4.72 Å². The molecule has 0 saturated heterocycles. The lowest BCUT2D eigenvalue weighted by Gasteiger charge is -2.09. The van der Waals surface area contributed by atoms with Crippen LogP contribution in [0.5, 0.6) is 0 Å². The van der Waals surface area contributed by atoms with Gasteiger partial charge in [-0.05, 0) is 48.9 Å². The van der Waals surface area contributed by atoms with Gasteiger partial charge in [0, 0.05) is 29.7 Å². The predicted molar refractivity (Wildman–Crippen MR) is 103 cm³/mol. The van der Waals surface area contributed by atoms with E-state index in [2.05, 4.69) is 9.71 Å². The van der Waals surface area contributed by atoms with Crippen LogP contribution in [-0.4, -0.2) is 17.8 Å². The minimum Gasteiger partial charge on any atom is -0.306 e. The van der Waals surface area contributed by atoms with Gasteiger partial charge < -0.3 is 4.40 Å². The molecule has 2 aromatic carbocycles. The number of aromatic nitrogens is 2. The smallest absolute Gasteiger partial charge is 0.264 e. The molecule has 2 aromatic heterocycles. The Kier molecular flexibility index (Phi) is 4.35. The Morgan fingerprint density at radius 3 is 2.46 bits per heavy atom. The van der Waals surface area contributed by atoms with Crippen molar-refractivity contribution in [3.8, 4) is 11.3 Å². The number of nitrogens with one attached hydrogen (secondary N) is 1. The van der Waals surface area contributed by atoms with Gasteiger partial charge in [0.2, 0.25) is 0 Å². The SMILES string of the molecule is Cc1ccn2cc(-c3ccc(NS(=O)(=O)c4ccc(F)cc4F)cc3)nc2c1. The second-order valence-corrected chi connectivity index (χ2v) is 8.00. The maximum atomic E-state index is 13.8. The molecular weight excluding hydrogens is 384 g/mol. The molecule has 0 aliphatic carbocycles. The fourth-order valence-electron chi connectivity index (χ4n) is 2.84. The van der Waals surface area contributed by atoms with E-state index in [1.807, 2.05) is 35.9 Å². The normalized spacial score (nSPS) is 11.7. The van der Waals surface area contributed by atoms with Crippen molar-refractivity contribution in [2.45, 2.75) is 11.8 Å². The minimum atomic E-state index is -4.17. The number of aryl methyl sites for hydroxylation is 1. The van der Waals surface area contributed by atoms with Gasteiger partial charge >= 0.3 is 0 Å². The summed E-state index contributed by atoms with van der Waals surface area (Å²) >= 11 is 0. The average Bonchev–Trinajstić information content (AvgIpc) is 3.04. The molecule has 0 bridgehead atoms. The largest absolute Gasteiger partial charge is 0.306 e. The number of nitrogens with zero attached hydrogens (tertiary/aromatic N) is 2. The van der Waals surface area contributed by atoms with Crippen LogP contribution in [0.25, 0.3) is 16.9 Å². The van der Waals surface area contributed by atoms with Crippen molar-refractivity contribution < 1.29 is 17.2 Å². The summed E-state index contributed by atoms with van der Waals surface area (Å²) in [6.45, 7) is 1.99. The topological polar surface area (TPSA) is 63.5 Å². The molecule has 4 aromatic rings. The fraction of sp³-hybridized carbons (Fsp3) is 0.0500.